The van der Waals surface area contributed by atoms with Gasteiger partial charge >= 0.3 is 0 Å². The van der Waals surface area contributed by atoms with Crippen molar-refractivity contribution in [3.05, 3.63) is 30.3 Å². The third kappa shape index (κ3) is 1.43. The van der Waals surface area contributed by atoms with E-state index in [1.807, 2.05) is 35.2 Å². The van der Waals surface area contributed by atoms with Gasteiger partial charge in [-0.3, -0.25) is 0 Å². The van der Waals surface area contributed by atoms with E-state index in [1.54, 1.807) is 4.68 Å². The van der Waals surface area contributed by atoms with Crippen LogP contribution in [0.4, 0.5) is 5.95 Å². The molecule has 0 amide bonds. The number of anilines is 1. The van der Waals surface area contributed by atoms with Gasteiger partial charge in [-0.25, -0.2) is 0 Å². The predicted octanol–water partition coefficient (Wildman–Crippen LogP) is -0.157. The Balaban J connectivity index is 1.94. The molecule has 1 aliphatic rings. The third-order valence-electron chi connectivity index (χ3n) is 2.60. The number of hydrogen-bond acceptors (Lipinski definition) is 5. The minimum Gasteiger partial charge on any atom is -0.389 e. The fraction of sp³-hybridized carbons (Fsp3) is 0.300. The molecule has 6 heteroatoms. The smallest absolute Gasteiger partial charge is 0.250 e. The van der Waals surface area contributed by atoms with Crippen LogP contribution in [0, 0.1) is 0 Å². The fourth-order valence-corrected chi connectivity index (χ4v) is 1.73. The summed E-state index contributed by atoms with van der Waals surface area (Å²) in [4.78, 5) is 1.94. The van der Waals surface area contributed by atoms with E-state index in [0.717, 1.165) is 5.69 Å². The molecule has 2 aromatic rings. The number of β-amino-alcohol motifs (C(OH)–C–C–N with tert-alkyl or cyclic N) is 1. The summed E-state index contributed by atoms with van der Waals surface area (Å²) in [6.45, 7) is 1.18. The Morgan fingerprint density at radius 3 is 2.62 bits per heavy atom. The van der Waals surface area contributed by atoms with Gasteiger partial charge in [-0.15, -0.1) is 0 Å². The van der Waals surface area contributed by atoms with E-state index in [-0.39, 0.29) is 6.10 Å². The minimum absolute atomic E-state index is 0.263. The number of aliphatic hydroxyl groups is 1. The molecule has 0 atom stereocenters. The normalized spacial score (nSPS) is 16.2. The molecule has 0 bridgehead atoms. The van der Waals surface area contributed by atoms with Gasteiger partial charge in [0.25, 0.3) is 5.95 Å². The van der Waals surface area contributed by atoms with E-state index < -0.39 is 0 Å². The molecule has 1 fully saturated rings. The van der Waals surface area contributed by atoms with Crippen molar-refractivity contribution in [1.29, 1.82) is 0 Å². The molecular weight excluding hydrogens is 206 g/mol. The van der Waals surface area contributed by atoms with Gasteiger partial charge in [0.15, 0.2) is 0 Å². The first-order valence-electron chi connectivity index (χ1n) is 5.11. The van der Waals surface area contributed by atoms with Gasteiger partial charge < -0.3 is 10.0 Å². The van der Waals surface area contributed by atoms with Crippen molar-refractivity contribution in [2.45, 2.75) is 6.10 Å². The van der Waals surface area contributed by atoms with Gasteiger partial charge in [0, 0.05) is 13.1 Å². The largest absolute Gasteiger partial charge is 0.389 e. The zero-order chi connectivity index (χ0) is 11.0. The van der Waals surface area contributed by atoms with Crippen molar-refractivity contribution < 1.29 is 5.11 Å². The van der Waals surface area contributed by atoms with Gasteiger partial charge in [-0.05, 0) is 22.6 Å². The lowest BCUT2D eigenvalue weighted by Gasteiger charge is -2.35. The average Bonchev–Trinajstić information content (AvgIpc) is 2.74. The second-order valence-corrected chi connectivity index (χ2v) is 3.79. The van der Waals surface area contributed by atoms with Crippen molar-refractivity contribution >= 4 is 5.95 Å². The summed E-state index contributed by atoms with van der Waals surface area (Å²) in [6.07, 6.45) is -0.263. The highest BCUT2D eigenvalue weighted by molar-refractivity contribution is 5.42. The first-order valence-corrected chi connectivity index (χ1v) is 5.11. The van der Waals surface area contributed by atoms with Crippen LogP contribution in [-0.4, -0.2) is 44.5 Å². The summed E-state index contributed by atoms with van der Waals surface area (Å²) < 4.78 is 1.67. The zero-order valence-corrected chi connectivity index (χ0v) is 8.56. The summed E-state index contributed by atoms with van der Waals surface area (Å²) in [7, 11) is 0. The number of aliphatic hydroxyl groups excluding tert-OH is 1. The second kappa shape index (κ2) is 3.57. The number of para-hydroxylation sites is 1. The SMILES string of the molecule is OC1CN(c2nnnn2-c2ccccc2)C1. The molecule has 1 aromatic carbocycles. The monoisotopic (exact) mass is 217 g/mol. The van der Waals surface area contributed by atoms with E-state index in [1.165, 1.54) is 0 Å². The molecule has 3 rings (SSSR count). The van der Waals surface area contributed by atoms with Crippen molar-refractivity contribution in [3.8, 4) is 5.69 Å². The summed E-state index contributed by atoms with van der Waals surface area (Å²) in [5.74, 6) is 0.677. The molecule has 0 radical (unpaired) electrons. The molecule has 2 heterocycles. The Morgan fingerprint density at radius 2 is 1.94 bits per heavy atom. The minimum atomic E-state index is -0.263. The Kier molecular flexibility index (Phi) is 2.07. The van der Waals surface area contributed by atoms with Crippen LogP contribution in [0.1, 0.15) is 0 Å². The van der Waals surface area contributed by atoms with Crippen LogP contribution in [0.25, 0.3) is 5.69 Å². The van der Waals surface area contributed by atoms with E-state index in [0.29, 0.717) is 19.0 Å². The van der Waals surface area contributed by atoms with E-state index in [9.17, 15) is 5.11 Å². The second-order valence-electron chi connectivity index (χ2n) is 3.79. The number of rotatable bonds is 2. The quantitative estimate of drug-likeness (QED) is 0.757. The Bertz CT molecular complexity index is 477. The highest BCUT2D eigenvalue weighted by Crippen LogP contribution is 2.19. The van der Waals surface area contributed by atoms with E-state index >= 15 is 0 Å². The van der Waals surface area contributed by atoms with Crippen LogP contribution in [0.5, 0.6) is 0 Å². The highest BCUT2D eigenvalue weighted by atomic mass is 16.3. The summed E-state index contributed by atoms with van der Waals surface area (Å²) in [5.41, 5.74) is 0.920. The zero-order valence-electron chi connectivity index (χ0n) is 8.56. The third-order valence-corrected chi connectivity index (χ3v) is 2.60. The number of aromatic nitrogens is 4. The maximum absolute atomic E-state index is 9.26. The molecule has 1 aromatic heterocycles. The number of hydrogen-bond donors (Lipinski definition) is 1. The maximum atomic E-state index is 9.26. The van der Waals surface area contributed by atoms with Crippen molar-refractivity contribution in [1.82, 2.24) is 20.2 Å². The molecular formula is C10H11N5O. The lowest BCUT2D eigenvalue weighted by molar-refractivity contribution is 0.140. The van der Waals surface area contributed by atoms with Gasteiger partial charge in [-0.2, -0.15) is 4.68 Å². The Morgan fingerprint density at radius 1 is 1.19 bits per heavy atom. The molecule has 6 nitrogen and oxygen atoms in total. The fourth-order valence-electron chi connectivity index (χ4n) is 1.73. The first kappa shape index (κ1) is 9.29. The Labute approximate surface area is 92.1 Å². The van der Waals surface area contributed by atoms with Gasteiger partial charge in [0.05, 0.1) is 11.8 Å². The molecule has 0 aliphatic carbocycles. The average molecular weight is 217 g/mol. The summed E-state index contributed by atoms with van der Waals surface area (Å²) >= 11 is 0. The molecule has 16 heavy (non-hydrogen) atoms. The molecule has 82 valence electrons. The lowest BCUT2D eigenvalue weighted by Crippen LogP contribution is -2.51. The van der Waals surface area contributed by atoms with Crippen LogP contribution in [0.15, 0.2) is 30.3 Å². The summed E-state index contributed by atoms with van der Waals surface area (Å²) in [6, 6.07) is 9.70. The van der Waals surface area contributed by atoms with Crippen LogP contribution in [0.2, 0.25) is 0 Å². The predicted molar refractivity (Wildman–Crippen MR) is 57.4 cm³/mol. The molecule has 0 spiro atoms. The summed E-state index contributed by atoms with van der Waals surface area (Å²) in [5, 5.41) is 20.8. The van der Waals surface area contributed by atoms with Crippen molar-refractivity contribution in [2.24, 2.45) is 0 Å². The van der Waals surface area contributed by atoms with Crippen molar-refractivity contribution in [3.63, 3.8) is 0 Å². The van der Waals surface area contributed by atoms with Crippen molar-refractivity contribution in [2.75, 3.05) is 18.0 Å². The molecule has 1 saturated heterocycles. The van der Waals surface area contributed by atoms with Gasteiger partial charge in [-0.1, -0.05) is 23.3 Å². The van der Waals surface area contributed by atoms with Crippen LogP contribution in [-0.2, 0) is 0 Å². The van der Waals surface area contributed by atoms with Gasteiger partial charge in [0.1, 0.15) is 0 Å². The number of tetrazole rings is 1. The maximum Gasteiger partial charge on any atom is 0.250 e. The number of nitrogens with zero attached hydrogens (tertiary/aromatic N) is 5. The highest BCUT2D eigenvalue weighted by Gasteiger charge is 2.29. The van der Waals surface area contributed by atoms with Gasteiger partial charge in [0.2, 0.25) is 0 Å². The molecule has 0 unspecified atom stereocenters. The van der Waals surface area contributed by atoms with Crippen LogP contribution in [0.3, 0.4) is 0 Å². The van der Waals surface area contributed by atoms with Crippen LogP contribution < -0.4 is 4.90 Å². The molecule has 1 aliphatic heterocycles. The first-order chi connectivity index (χ1) is 7.84. The number of benzene rings is 1. The Hall–Kier alpha value is -1.95. The lowest BCUT2D eigenvalue weighted by atomic mass is 10.2. The topological polar surface area (TPSA) is 67.1 Å². The standard InChI is InChI=1S/C10H11N5O/c16-9-6-14(7-9)10-11-12-13-15(10)8-4-2-1-3-5-8/h1-5,9,16H,6-7H2. The van der Waals surface area contributed by atoms with E-state index in [4.69, 9.17) is 0 Å². The van der Waals surface area contributed by atoms with E-state index in [2.05, 4.69) is 15.5 Å². The van der Waals surface area contributed by atoms with Crippen LogP contribution >= 0.6 is 0 Å². The molecule has 0 saturated carbocycles. The molecule has 1 N–H and O–H groups in total.